The number of nitrogens with one attached hydrogen (secondary N) is 1. The van der Waals surface area contributed by atoms with Crippen molar-refractivity contribution in [1.29, 1.82) is 0 Å². The molecule has 0 aromatic heterocycles. The van der Waals surface area contributed by atoms with Crippen LogP contribution in [0.25, 0.3) is 0 Å². The van der Waals surface area contributed by atoms with Crippen LogP contribution in [0.4, 0.5) is 11.4 Å². The smallest absolute Gasteiger partial charge is 0.292 e. The van der Waals surface area contributed by atoms with Gasteiger partial charge in [-0.05, 0) is 24.6 Å². The maximum absolute atomic E-state index is 12.1. The molecule has 0 heterocycles. The van der Waals surface area contributed by atoms with Gasteiger partial charge in [-0.1, -0.05) is 30.3 Å². The number of nitro benzene ring substituents is 1. The Morgan fingerprint density at radius 3 is 2.57 bits per heavy atom. The number of nitrogens with zero attached hydrogens (tertiary/aromatic N) is 1. The van der Waals surface area contributed by atoms with Gasteiger partial charge in [0.25, 0.3) is 11.6 Å². The Balaban J connectivity index is 2.11. The molecule has 2 rings (SSSR count). The van der Waals surface area contributed by atoms with E-state index in [9.17, 15) is 20.0 Å². The monoisotopic (exact) mass is 315 g/mol. The van der Waals surface area contributed by atoms with Crippen LogP contribution in [0.3, 0.4) is 0 Å². The summed E-state index contributed by atoms with van der Waals surface area (Å²) in [7, 11) is 0. The second kappa shape index (κ2) is 6.45. The molecule has 4 N–H and O–H groups in total. The van der Waals surface area contributed by atoms with Crippen molar-refractivity contribution in [3.8, 4) is 0 Å². The molecule has 1 atom stereocenters. The van der Waals surface area contributed by atoms with Gasteiger partial charge >= 0.3 is 0 Å². The van der Waals surface area contributed by atoms with Crippen LogP contribution >= 0.6 is 0 Å². The van der Waals surface area contributed by atoms with Gasteiger partial charge in [0.2, 0.25) is 0 Å². The van der Waals surface area contributed by atoms with Crippen LogP contribution < -0.4 is 11.1 Å². The third kappa shape index (κ3) is 3.83. The van der Waals surface area contributed by atoms with Crippen LogP contribution in [0, 0.1) is 10.1 Å². The Kier molecular flexibility index (Phi) is 4.61. The SMILES string of the molecule is CC(O)(CNC(=O)c1ccc(N)c([N+](=O)[O-])c1)c1ccccc1. The van der Waals surface area contributed by atoms with E-state index in [1.807, 2.05) is 6.07 Å². The predicted molar refractivity (Wildman–Crippen MR) is 85.9 cm³/mol. The molecule has 0 aliphatic rings. The van der Waals surface area contributed by atoms with Crippen molar-refractivity contribution in [1.82, 2.24) is 5.32 Å². The van der Waals surface area contributed by atoms with Crippen molar-refractivity contribution in [2.24, 2.45) is 0 Å². The lowest BCUT2D eigenvalue weighted by atomic mass is 9.96. The van der Waals surface area contributed by atoms with Gasteiger partial charge in [0.1, 0.15) is 11.3 Å². The molecule has 0 aliphatic carbocycles. The number of anilines is 1. The van der Waals surface area contributed by atoms with Crippen molar-refractivity contribution in [3.63, 3.8) is 0 Å². The molecule has 120 valence electrons. The summed E-state index contributed by atoms with van der Waals surface area (Å²) in [4.78, 5) is 22.3. The van der Waals surface area contributed by atoms with Gasteiger partial charge in [-0.25, -0.2) is 0 Å². The van der Waals surface area contributed by atoms with Crippen molar-refractivity contribution in [3.05, 3.63) is 69.8 Å². The molecule has 0 spiro atoms. The minimum atomic E-state index is -1.25. The van der Waals surface area contributed by atoms with Crippen LogP contribution in [0.1, 0.15) is 22.8 Å². The van der Waals surface area contributed by atoms with E-state index in [-0.39, 0.29) is 23.5 Å². The summed E-state index contributed by atoms with van der Waals surface area (Å²) in [5, 5.41) is 23.8. The quantitative estimate of drug-likeness (QED) is 0.442. The van der Waals surface area contributed by atoms with Gasteiger partial charge < -0.3 is 16.2 Å². The maximum Gasteiger partial charge on any atom is 0.292 e. The lowest BCUT2D eigenvalue weighted by Crippen LogP contribution is -2.38. The fourth-order valence-corrected chi connectivity index (χ4v) is 2.10. The first kappa shape index (κ1) is 16.4. The molecule has 0 fully saturated rings. The van der Waals surface area contributed by atoms with E-state index >= 15 is 0 Å². The number of nitrogen functional groups attached to an aromatic ring is 1. The van der Waals surface area contributed by atoms with Crippen LogP contribution in [0.15, 0.2) is 48.5 Å². The molecular weight excluding hydrogens is 298 g/mol. The predicted octanol–water partition coefficient (Wildman–Crippen LogP) is 1.81. The number of benzene rings is 2. The molecule has 0 saturated heterocycles. The molecule has 0 saturated carbocycles. The zero-order valence-corrected chi connectivity index (χ0v) is 12.5. The summed E-state index contributed by atoms with van der Waals surface area (Å²) in [5.74, 6) is -0.524. The number of nitrogens with two attached hydrogens (primary N) is 1. The standard InChI is InChI=1S/C16H17N3O4/c1-16(21,12-5-3-2-4-6-12)10-18-15(20)11-7-8-13(17)14(9-11)19(22)23/h2-9,21H,10,17H2,1H3,(H,18,20). The lowest BCUT2D eigenvalue weighted by Gasteiger charge is -2.24. The summed E-state index contributed by atoms with van der Waals surface area (Å²) in [6, 6.07) is 12.7. The molecule has 0 bridgehead atoms. The average Bonchev–Trinajstić information content (AvgIpc) is 2.53. The number of rotatable bonds is 5. The molecule has 23 heavy (non-hydrogen) atoms. The van der Waals surface area contributed by atoms with Gasteiger partial charge in [0, 0.05) is 11.6 Å². The lowest BCUT2D eigenvalue weighted by molar-refractivity contribution is -0.383. The number of aliphatic hydroxyl groups is 1. The summed E-state index contributed by atoms with van der Waals surface area (Å²) >= 11 is 0. The molecule has 0 aliphatic heterocycles. The van der Waals surface area contributed by atoms with E-state index in [1.54, 1.807) is 31.2 Å². The minimum absolute atomic E-state index is 0.0113. The van der Waals surface area contributed by atoms with Crippen LogP contribution in [-0.2, 0) is 5.60 Å². The summed E-state index contributed by atoms with van der Waals surface area (Å²) in [6.07, 6.45) is 0. The Labute approximate surface area is 132 Å². The summed E-state index contributed by atoms with van der Waals surface area (Å²) in [5.41, 5.74) is 4.67. The van der Waals surface area contributed by atoms with Crippen molar-refractivity contribution < 1.29 is 14.8 Å². The molecule has 1 amide bonds. The number of amides is 1. The zero-order chi connectivity index (χ0) is 17.0. The normalized spacial score (nSPS) is 13.1. The highest BCUT2D eigenvalue weighted by Gasteiger charge is 2.24. The molecule has 1 unspecified atom stereocenters. The zero-order valence-electron chi connectivity index (χ0n) is 12.5. The number of carbonyl (C=O) groups is 1. The van der Waals surface area contributed by atoms with Gasteiger partial charge in [-0.15, -0.1) is 0 Å². The van der Waals surface area contributed by atoms with E-state index in [4.69, 9.17) is 5.73 Å². The fourth-order valence-electron chi connectivity index (χ4n) is 2.10. The topological polar surface area (TPSA) is 118 Å². The van der Waals surface area contributed by atoms with E-state index in [0.29, 0.717) is 5.56 Å². The van der Waals surface area contributed by atoms with Crippen molar-refractivity contribution >= 4 is 17.3 Å². The van der Waals surface area contributed by atoms with Gasteiger partial charge in [0.15, 0.2) is 0 Å². The highest BCUT2D eigenvalue weighted by atomic mass is 16.6. The third-order valence-corrected chi connectivity index (χ3v) is 3.48. The Morgan fingerprint density at radius 1 is 1.30 bits per heavy atom. The maximum atomic E-state index is 12.1. The number of hydrogen-bond acceptors (Lipinski definition) is 5. The molecule has 0 radical (unpaired) electrons. The Morgan fingerprint density at radius 2 is 1.96 bits per heavy atom. The highest BCUT2D eigenvalue weighted by Crippen LogP contribution is 2.23. The molecule has 7 heteroatoms. The second-order valence-electron chi connectivity index (χ2n) is 5.35. The van der Waals surface area contributed by atoms with Gasteiger partial charge in [-0.3, -0.25) is 14.9 Å². The molecular formula is C16H17N3O4. The number of hydrogen-bond donors (Lipinski definition) is 3. The van der Waals surface area contributed by atoms with Crippen molar-refractivity contribution in [2.75, 3.05) is 12.3 Å². The fraction of sp³-hybridized carbons (Fsp3) is 0.188. The van der Waals surface area contributed by atoms with Crippen LogP contribution in [0.2, 0.25) is 0 Å². The summed E-state index contributed by atoms with van der Waals surface area (Å²) < 4.78 is 0. The summed E-state index contributed by atoms with van der Waals surface area (Å²) in [6.45, 7) is 1.54. The number of nitro groups is 1. The molecule has 2 aromatic rings. The molecule has 7 nitrogen and oxygen atoms in total. The molecule has 2 aromatic carbocycles. The van der Waals surface area contributed by atoms with Gasteiger partial charge in [-0.2, -0.15) is 0 Å². The van der Waals surface area contributed by atoms with E-state index < -0.39 is 16.4 Å². The third-order valence-electron chi connectivity index (χ3n) is 3.48. The van der Waals surface area contributed by atoms with Crippen LogP contribution in [-0.4, -0.2) is 22.5 Å². The second-order valence-corrected chi connectivity index (χ2v) is 5.35. The largest absolute Gasteiger partial charge is 0.393 e. The van der Waals surface area contributed by atoms with Crippen molar-refractivity contribution in [2.45, 2.75) is 12.5 Å². The van der Waals surface area contributed by atoms with E-state index in [1.165, 1.54) is 12.1 Å². The van der Waals surface area contributed by atoms with Crippen LogP contribution in [0.5, 0.6) is 0 Å². The van der Waals surface area contributed by atoms with Gasteiger partial charge in [0.05, 0.1) is 11.5 Å². The first-order valence-corrected chi connectivity index (χ1v) is 6.91. The minimum Gasteiger partial charge on any atom is -0.393 e. The average molecular weight is 315 g/mol. The van der Waals surface area contributed by atoms with E-state index in [0.717, 1.165) is 6.07 Å². The first-order chi connectivity index (χ1) is 10.8. The first-order valence-electron chi connectivity index (χ1n) is 6.91. The Bertz CT molecular complexity index is 729. The number of carbonyl (C=O) groups excluding carboxylic acids is 1. The highest BCUT2D eigenvalue weighted by molar-refractivity contribution is 5.95. The Hall–Kier alpha value is -2.93. The van der Waals surface area contributed by atoms with E-state index in [2.05, 4.69) is 5.32 Å².